The summed E-state index contributed by atoms with van der Waals surface area (Å²) in [4.78, 5) is 8.94. The van der Waals surface area contributed by atoms with E-state index in [4.69, 9.17) is 5.11 Å². The van der Waals surface area contributed by atoms with Gasteiger partial charge >= 0.3 is 10.9 Å². The minimum atomic E-state index is -1.51. The molecule has 0 rings (SSSR count). The van der Waals surface area contributed by atoms with Gasteiger partial charge in [0, 0.05) is 17.3 Å². The van der Waals surface area contributed by atoms with Crippen LogP contribution in [0.4, 0.5) is 0 Å². The molecule has 60 valence electrons. The van der Waals surface area contributed by atoms with E-state index in [1.165, 1.54) is 0 Å². The second-order valence-corrected chi connectivity index (χ2v) is 4.57. The second-order valence-electron chi connectivity index (χ2n) is 2.26. The van der Waals surface area contributed by atoms with Crippen LogP contribution in [0.2, 0.25) is 0 Å². The number of carbonyl (C=O) groups is 1. The van der Waals surface area contributed by atoms with Gasteiger partial charge in [0.15, 0.2) is 0 Å². The van der Waals surface area contributed by atoms with E-state index >= 15 is 0 Å². The van der Waals surface area contributed by atoms with E-state index in [2.05, 4.69) is 0 Å². The van der Waals surface area contributed by atoms with E-state index in [0.29, 0.717) is 0 Å². The predicted octanol–water partition coefficient (Wildman–Crippen LogP) is 0.0475. The Morgan fingerprint density at radius 2 is 2.00 bits per heavy atom. The highest BCUT2D eigenvalue weighted by Crippen LogP contribution is 2.17. The van der Waals surface area contributed by atoms with Crippen LogP contribution in [-0.4, -0.2) is 33.6 Å². The second kappa shape index (κ2) is 3.25. The summed E-state index contributed by atoms with van der Waals surface area (Å²) < 4.78 is 0. The first-order valence-electron chi connectivity index (χ1n) is 2.98. The third-order valence-corrected chi connectivity index (χ3v) is 3.30. The molecule has 0 aromatic rings. The van der Waals surface area contributed by atoms with Gasteiger partial charge in [0.2, 0.25) is 0 Å². The molecule has 0 aliphatic rings. The van der Waals surface area contributed by atoms with Gasteiger partial charge in [0.25, 0.3) is 0 Å². The molecule has 0 bridgehead atoms. The molecule has 0 amide bonds. The molecule has 2 N–H and O–H groups in total. The lowest BCUT2D eigenvalue weighted by molar-refractivity contribution is -0.149. The number of rotatable bonds is 3. The summed E-state index contributed by atoms with van der Waals surface area (Å²) in [5.74, 6) is -1.12. The molecule has 1 unspecified atom stereocenters. The van der Waals surface area contributed by atoms with Gasteiger partial charge in [-0.1, -0.05) is 6.92 Å². The van der Waals surface area contributed by atoms with Gasteiger partial charge in [0.05, 0.1) is 0 Å². The summed E-state index contributed by atoms with van der Waals surface area (Å²) in [6, 6.07) is 0. The Balaban J connectivity index is 4.38. The topological polar surface area (TPSA) is 57.5 Å². The molecule has 10 heavy (non-hydrogen) atoms. The highest BCUT2D eigenvalue weighted by Gasteiger charge is 2.46. The molecule has 0 aromatic heterocycles. The van der Waals surface area contributed by atoms with Crippen LogP contribution < -0.4 is 0 Å². The summed E-state index contributed by atoms with van der Waals surface area (Å²) in [7, 11) is -0.493. The summed E-state index contributed by atoms with van der Waals surface area (Å²) in [5, 5.41) is 17.9. The number of hydrogen-bond acceptors (Lipinski definition) is 2. The summed E-state index contributed by atoms with van der Waals surface area (Å²) in [5.41, 5.74) is 0. The zero-order valence-corrected chi connectivity index (χ0v) is 7.23. The lowest BCUT2D eigenvalue weighted by Gasteiger charge is -2.16. The number of aliphatic hydroxyl groups is 1. The average Bonchev–Trinajstić information content (AvgIpc) is 1.85. The van der Waals surface area contributed by atoms with Gasteiger partial charge in [-0.3, -0.25) is 0 Å². The van der Waals surface area contributed by atoms with Crippen molar-refractivity contribution >= 4 is 16.9 Å². The Morgan fingerprint density at radius 3 is 2.00 bits per heavy atom. The van der Waals surface area contributed by atoms with Crippen LogP contribution in [0.25, 0.3) is 0 Å². The molecule has 0 heterocycles. The van der Waals surface area contributed by atoms with E-state index < -0.39 is 21.8 Å². The maximum atomic E-state index is 10.5. The van der Waals surface area contributed by atoms with Gasteiger partial charge in [-0.25, -0.2) is 4.79 Å². The van der Waals surface area contributed by atoms with E-state index in [-0.39, 0.29) is 6.42 Å². The molecule has 4 heteroatoms. The molecule has 0 radical (unpaired) electrons. The maximum absolute atomic E-state index is 10.5. The van der Waals surface area contributed by atoms with Crippen molar-refractivity contribution in [3.63, 3.8) is 0 Å². The van der Waals surface area contributed by atoms with Crippen molar-refractivity contribution in [2.75, 3.05) is 12.5 Å². The lowest BCUT2D eigenvalue weighted by Crippen LogP contribution is -2.44. The summed E-state index contributed by atoms with van der Waals surface area (Å²) in [6.07, 6.45) is 3.70. The molecule has 0 aliphatic heterocycles. The Labute approximate surface area is 63.4 Å². The fourth-order valence-electron chi connectivity index (χ4n) is 0.615. The standard InChI is InChI=1S/C6H12O3S/c1-4-6(9,5(7)8)10(2)3/h9H,4H2,1-3H3/p+1. The van der Waals surface area contributed by atoms with Gasteiger partial charge in [-0.05, 0) is 0 Å². The third-order valence-electron chi connectivity index (χ3n) is 1.49. The zero-order chi connectivity index (χ0) is 8.36. The fraction of sp³-hybridized carbons (Fsp3) is 0.833. The molecule has 0 aliphatic carbocycles. The number of carboxylic acid groups (broad SMARTS) is 1. The van der Waals surface area contributed by atoms with Crippen molar-refractivity contribution in [2.24, 2.45) is 0 Å². The van der Waals surface area contributed by atoms with Crippen LogP contribution in [0, 0.1) is 0 Å². The normalized spacial score (nSPS) is 16.9. The van der Waals surface area contributed by atoms with Crippen molar-refractivity contribution in [1.82, 2.24) is 0 Å². The molecule has 0 saturated carbocycles. The Bertz CT molecular complexity index is 135. The lowest BCUT2D eigenvalue weighted by atomic mass is 10.3. The minimum absolute atomic E-state index is 0.262. The number of aliphatic carboxylic acids is 1. The van der Waals surface area contributed by atoms with Crippen molar-refractivity contribution in [2.45, 2.75) is 18.3 Å². The van der Waals surface area contributed by atoms with E-state index in [1.807, 2.05) is 0 Å². The smallest absolute Gasteiger partial charge is 0.389 e. The summed E-state index contributed by atoms with van der Waals surface area (Å²) >= 11 is 0. The van der Waals surface area contributed by atoms with E-state index in [1.54, 1.807) is 19.4 Å². The van der Waals surface area contributed by atoms with Crippen LogP contribution in [0.1, 0.15) is 13.3 Å². The van der Waals surface area contributed by atoms with Crippen molar-refractivity contribution < 1.29 is 15.0 Å². The monoisotopic (exact) mass is 165 g/mol. The SMILES string of the molecule is CCC(O)(C(=O)O)[S+](C)C. The number of carboxylic acids is 1. The van der Waals surface area contributed by atoms with Crippen LogP contribution in [-0.2, 0) is 15.7 Å². The number of hydrogen-bond donors (Lipinski definition) is 2. The molecule has 1 atom stereocenters. The van der Waals surface area contributed by atoms with Crippen LogP contribution in [0.15, 0.2) is 0 Å². The first kappa shape index (κ1) is 9.78. The molecule has 0 aromatic carbocycles. The van der Waals surface area contributed by atoms with Crippen molar-refractivity contribution in [3.05, 3.63) is 0 Å². The molecule has 3 nitrogen and oxygen atoms in total. The Morgan fingerprint density at radius 1 is 1.60 bits per heavy atom. The molecule has 0 spiro atoms. The Kier molecular flexibility index (Phi) is 3.18. The first-order chi connectivity index (χ1) is 4.45. The van der Waals surface area contributed by atoms with E-state index in [0.717, 1.165) is 0 Å². The molecule has 0 saturated heterocycles. The summed E-state index contributed by atoms with van der Waals surface area (Å²) in [6.45, 7) is 1.67. The van der Waals surface area contributed by atoms with Gasteiger partial charge in [0.1, 0.15) is 12.5 Å². The van der Waals surface area contributed by atoms with Crippen LogP contribution in [0.3, 0.4) is 0 Å². The maximum Gasteiger partial charge on any atom is 0.389 e. The van der Waals surface area contributed by atoms with Gasteiger partial charge in [-0.2, -0.15) is 0 Å². The zero-order valence-electron chi connectivity index (χ0n) is 6.42. The quantitative estimate of drug-likeness (QED) is 0.581. The largest absolute Gasteiger partial charge is 0.475 e. The van der Waals surface area contributed by atoms with Gasteiger partial charge < -0.3 is 10.2 Å². The van der Waals surface area contributed by atoms with E-state index in [9.17, 15) is 9.90 Å². The van der Waals surface area contributed by atoms with Crippen LogP contribution in [0.5, 0.6) is 0 Å². The molecular formula is C6H13O3S+. The Hall–Kier alpha value is -0.220. The fourth-order valence-corrected chi connectivity index (χ4v) is 1.54. The van der Waals surface area contributed by atoms with Crippen LogP contribution >= 0.6 is 0 Å². The predicted molar refractivity (Wildman–Crippen MR) is 42.1 cm³/mol. The van der Waals surface area contributed by atoms with Crippen molar-refractivity contribution in [3.8, 4) is 0 Å². The highest BCUT2D eigenvalue weighted by molar-refractivity contribution is 7.97. The molecule has 0 fully saturated rings. The first-order valence-corrected chi connectivity index (χ1v) is 5.02. The van der Waals surface area contributed by atoms with Crippen molar-refractivity contribution in [1.29, 1.82) is 0 Å². The van der Waals surface area contributed by atoms with Gasteiger partial charge in [-0.15, -0.1) is 0 Å². The highest BCUT2D eigenvalue weighted by atomic mass is 32.2. The average molecular weight is 165 g/mol. The third kappa shape index (κ3) is 1.64. The molecular weight excluding hydrogens is 152 g/mol. The minimum Gasteiger partial charge on any atom is -0.475 e.